The van der Waals surface area contributed by atoms with E-state index in [0.29, 0.717) is 18.9 Å². The van der Waals surface area contributed by atoms with Crippen molar-refractivity contribution in [1.82, 2.24) is 15.2 Å². The lowest BCUT2D eigenvalue weighted by molar-refractivity contribution is -0.132. The molecule has 0 bridgehead atoms. The smallest absolute Gasteiger partial charge is 0.243 e. The van der Waals surface area contributed by atoms with Crippen LogP contribution in [0.5, 0.6) is 0 Å². The van der Waals surface area contributed by atoms with Crippen molar-refractivity contribution in [3.63, 3.8) is 0 Å². The minimum absolute atomic E-state index is 0.110. The van der Waals surface area contributed by atoms with Gasteiger partial charge in [-0.3, -0.25) is 9.59 Å². The van der Waals surface area contributed by atoms with Gasteiger partial charge in [0.1, 0.15) is 0 Å². The van der Waals surface area contributed by atoms with E-state index < -0.39 is 0 Å². The van der Waals surface area contributed by atoms with Crippen molar-refractivity contribution in [1.29, 1.82) is 0 Å². The Labute approximate surface area is 148 Å². The SMILES string of the molecule is C=CC(=O)NCCC(=O)N1CCC(c2c(C)[nH]c3ccccc23)CC1. The lowest BCUT2D eigenvalue weighted by Crippen LogP contribution is -2.39. The first-order valence-electron chi connectivity index (χ1n) is 8.85. The van der Waals surface area contributed by atoms with Crippen LogP contribution in [0.3, 0.4) is 0 Å². The molecule has 3 rings (SSSR count). The number of amides is 2. The lowest BCUT2D eigenvalue weighted by Gasteiger charge is -2.32. The van der Waals surface area contributed by atoms with E-state index in [2.05, 4.69) is 48.1 Å². The van der Waals surface area contributed by atoms with E-state index in [0.717, 1.165) is 25.9 Å². The number of piperidine rings is 1. The summed E-state index contributed by atoms with van der Waals surface area (Å²) in [4.78, 5) is 28.8. The third kappa shape index (κ3) is 3.76. The highest BCUT2D eigenvalue weighted by Crippen LogP contribution is 2.35. The van der Waals surface area contributed by atoms with Crippen molar-refractivity contribution >= 4 is 22.7 Å². The van der Waals surface area contributed by atoms with E-state index in [9.17, 15) is 9.59 Å². The maximum atomic E-state index is 12.3. The minimum atomic E-state index is -0.235. The highest BCUT2D eigenvalue weighted by Gasteiger charge is 2.26. The number of likely N-dealkylation sites (tertiary alicyclic amines) is 1. The topological polar surface area (TPSA) is 65.2 Å². The molecule has 5 nitrogen and oxygen atoms in total. The number of carbonyl (C=O) groups excluding carboxylic acids is 2. The normalized spacial score (nSPS) is 15.3. The molecule has 25 heavy (non-hydrogen) atoms. The summed E-state index contributed by atoms with van der Waals surface area (Å²) in [5, 5.41) is 3.96. The molecule has 2 aromatic rings. The lowest BCUT2D eigenvalue weighted by atomic mass is 9.87. The van der Waals surface area contributed by atoms with Crippen LogP contribution in [-0.4, -0.2) is 41.3 Å². The fourth-order valence-corrected chi connectivity index (χ4v) is 3.76. The number of aromatic nitrogens is 1. The molecule has 0 aliphatic carbocycles. The first kappa shape index (κ1) is 17.3. The van der Waals surface area contributed by atoms with Crippen LogP contribution in [-0.2, 0) is 9.59 Å². The van der Waals surface area contributed by atoms with Gasteiger partial charge in [-0.25, -0.2) is 0 Å². The van der Waals surface area contributed by atoms with Crippen molar-refractivity contribution in [2.24, 2.45) is 0 Å². The van der Waals surface area contributed by atoms with Crippen LogP contribution in [0.15, 0.2) is 36.9 Å². The van der Waals surface area contributed by atoms with Gasteiger partial charge in [0.15, 0.2) is 0 Å². The number of nitrogens with zero attached hydrogens (tertiary/aromatic N) is 1. The Kier molecular flexibility index (Phi) is 5.22. The van der Waals surface area contributed by atoms with Crippen molar-refractivity contribution in [3.05, 3.63) is 48.2 Å². The molecule has 1 aliphatic heterocycles. The fraction of sp³-hybridized carbons (Fsp3) is 0.400. The minimum Gasteiger partial charge on any atom is -0.358 e. The number of nitrogens with one attached hydrogen (secondary N) is 2. The molecule has 0 unspecified atom stereocenters. The molecule has 2 heterocycles. The quantitative estimate of drug-likeness (QED) is 0.823. The van der Waals surface area contributed by atoms with Gasteiger partial charge in [0.2, 0.25) is 11.8 Å². The van der Waals surface area contributed by atoms with Crippen LogP contribution < -0.4 is 5.32 Å². The van der Waals surface area contributed by atoms with E-state index in [-0.39, 0.29) is 11.8 Å². The second kappa shape index (κ2) is 7.55. The Hall–Kier alpha value is -2.56. The molecule has 1 aliphatic rings. The zero-order valence-electron chi connectivity index (χ0n) is 14.7. The third-order valence-corrected chi connectivity index (χ3v) is 5.02. The molecule has 2 N–H and O–H groups in total. The molecule has 0 spiro atoms. The summed E-state index contributed by atoms with van der Waals surface area (Å²) in [6.07, 6.45) is 3.52. The fourth-order valence-electron chi connectivity index (χ4n) is 3.76. The van der Waals surface area contributed by atoms with Gasteiger partial charge in [-0.2, -0.15) is 0 Å². The molecule has 0 radical (unpaired) electrons. The maximum Gasteiger partial charge on any atom is 0.243 e. The number of hydrogen-bond acceptors (Lipinski definition) is 2. The molecule has 5 heteroatoms. The average molecular weight is 339 g/mol. The molecule has 1 saturated heterocycles. The first-order chi connectivity index (χ1) is 12.1. The first-order valence-corrected chi connectivity index (χ1v) is 8.85. The van der Waals surface area contributed by atoms with E-state index in [4.69, 9.17) is 0 Å². The molecule has 0 atom stereocenters. The molecule has 0 saturated carbocycles. The largest absolute Gasteiger partial charge is 0.358 e. The predicted octanol–water partition coefficient (Wildman–Crippen LogP) is 2.87. The zero-order chi connectivity index (χ0) is 17.8. The van der Waals surface area contributed by atoms with Gasteiger partial charge in [0.05, 0.1) is 0 Å². The second-order valence-corrected chi connectivity index (χ2v) is 6.61. The van der Waals surface area contributed by atoms with Gasteiger partial charge in [-0.1, -0.05) is 24.8 Å². The number of hydrogen-bond donors (Lipinski definition) is 2. The van der Waals surface area contributed by atoms with Crippen molar-refractivity contribution in [2.45, 2.75) is 32.1 Å². The van der Waals surface area contributed by atoms with Gasteiger partial charge in [-0.15, -0.1) is 0 Å². The van der Waals surface area contributed by atoms with Crippen molar-refractivity contribution < 1.29 is 9.59 Å². The van der Waals surface area contributed by atoms with E-state index in [1.807, 2.05) is 4.90 Å². The highest BCUT2D eigenvalue weighted by atomic mass is 16.2. The van der Waals surface area contributed by atoms with E-state index >= 15 is 0 Å². The Balaban J connectivity index is 1.58. The van der Waals surface area contributed by atoms with E-state index in [1.165, 1.54) is 28.2 Å². The Morgan fingerprint density at radius 2 is 2.04 bits per heavy atom. The van der Waals surface area contributed by atoms with Gasteiger partial charge in [0.25, 0.3) is 0 Å². The van der Waals surface area contributed by atoms with Gasteiger partial charge < -0.3 is 15.2 Å². The van der Waals surface area contributed by atoms with Crippen molar-refractivity contribution in [3.8, 4) is 0 Å². The summed E-state index contributed by atoms with van der Waals surface area (Å²) in [5.41, 5.74) is 3.82. The number of H-pyrrole nitrogens is 1. The molecule has 1 fully saturated rings. The molecule has 1 aromatic carbocycles. The average Bonchev–Trinajstić information content (AvgIpc) is 2.97. The molecule has 1 aromatic heterocycles. The van der Waals surface area contributed by atoms with Gasteiger partial charge in [0, 0.05) is 42.7 Å². The molecular formula is C20H25N3O2. The number of carbonyl (C=O) groups is 2. The van der Waals surface area contributed by atoms with Crippen LogP contribution in [0.2, 0.25) is 0 Å². The summed E-state index contributed by atoms with van der Waals surface area (Å²) in [7, 11) is 0. The Bertz CT molecular complexity index is 785. The summed E-state index contributed by atoms with van der Waals surface area (Å²) in [6.45, 7) is 7.45. The maximum absolute atomic E-state index is 12.3. The summed E-state index contributed by atoms with van der Waals surface area (Å²) < 4.78 is 0. The number of aromatic amines is 1. The van der Waals surface area contributed by atoms with Gasteiger partial charge in [-0.05, 0) is 43.4 Å². The van der Waals surface area contributed by atoms with Crippen LogP contribution in [0.1, 0.15) is 36.4 Å². The van der Waals surface area contributed by atoms with Gasteiger partial charge >= 0.3 is 0 Å². The van der Waals surface area contributed by atoms with Crippen molar-refractivity contribution in [2.75, 3.05) is 19.6 Å². The molecule has 132 valence electrons. The molecule has 2 amide bonds. The predicted molar refractivity (Wildman–Crippen MR) is 99.4 cm³/mol. The number of benzene rings is 1. The standard InChI is InChI=1S/C20H25N3O2/c1-3-18(24)21-11-8-19(25)23-12-9-15(10-13-23)20-14(2)22-17-7-5-4-6-16(17)20/h3-7,15,22H,1,8-13H2,2H3,(H,21,24). The van der Waals surface area contributed by atoms with Crippen LogP contribution in [0.4, 0.5) is 0 Å². The Morgan fingerprint density at radius 1 is 1.32 bits per heavy atom. The van der Waals surface area contributed by atoms with E-state index in [1.54, 1.807) is 0 Å². The van der Waals surface area contributed by atoms with Crippen LogP contribution in [0, 0.1) is 6.92 Å². The number of fused-ring (bicyclic) bond motifs is 1. The Morgan fingerprint density at radius 3 is 2.76 bits per heavy atom. The van der Waals surface area contributed by atoms with Crippen LogP contribution >= 0.6 is 0 Å². The second-order valence-electron chi connectivity index (χ2n) is 6.61. The number of aryl methyl sites for hydroxylation is 1. The monoisotopic (exact) mass is 339 g/mol. The van der Waals surface area contributed by atoms with Crippen LogP contribution in [0.25, 0.3) is 10.9 Å². The number of rotatable bonds is 5. The summed E-state index contributed by atoms with van der Waals surface area (Å²) >= 11 is 0. The third-order valence-electron chi connectivity index (χ3n) is 5.02. The highest BCUT2D eigenvalue weighted by molar-refractivity contribution is 5.87. The molecular weight excluding hydrogens is 314 g/mol. The summed E-state index contributed by atoms with van der Waals surface area (Å²) in [6, 6.07) is 8.42. The zero-order valence-corrected chi connectivity index (χ0v) is 14.7. The summed E-state index contributed by atoms with van der Waals surface area (Å²) in [5.74, 6) is 0.362. The number of para-hydroxylation sites is 1.